The summed E-state index contributed by atoms with van der Waals surface area (Å²) >= 11 is 1.48. The molecule has 2 heterocycles. The number of amides is 1. The van der Waals surface area contributed by atoms with E-state index < -0.39 is 0 Å². The second-order valence-corrected chi connectivity index (χ2v) is 7.34. The molecular weight excluding hydrogens is 337 g/mol. The fourth-order valence-electron chi connectivity index (χ4n) is 3.31. The summed E-state index contributed by atoms with van der Waals surface area (Å²) in [6, 6.07) is 6.76. The molecule has 1 aliphatic heterocycles. The molecule has 1 aromatic heterocycles. The number of likely N-dealkylation sites (tertiary alicyclic amines) is 1. The predicted molar refractivity (Wildman–Crippen MR) is 99.0 cm³/mol. The minimum Gasteiger partial charge on any atom is -0.339 e. The van der Waals surface area contributed by atoms with Crippen LogP contribution in [0.4, 0.5) is 4.39 Å². The highest BCUT2D eigenvalue weighted by molar-refractivity contribution is 7.99. The number of halogens is 1. The minimum absolute atomic E-state index is 0.186. The Morgan fingerprint density at radius 1 is 1.32 bits per heavy atom. The zero-order valence-corrected chi connectivity index (χ0v) is 15.6. The van der Waals surface area contributed by atoms with Gasteiger partial charge in [-0.2, -0.15) is 0 Å². The van der Waals surface area contributed by atoms with Gasteiger partial charge in [0.25, 0.3) is 0 Å². The molecule has 2 aromatic rings. The summed E-state index contributed by atoms with van der Waals surface area (Å²) in [4.78, 5) is 19.0. The first-order valence-corrected chi connectivity index (χ1v) is 9.82. The third-order valence-electron chi connectivity index (χ3n) is 4.72. The van der Waals surface area contributed by atoms with E-state index in [9.17, 15) is 9.18 Å². The normalized spacial score (nSPS) is 17.7. The highest BCUT2D eigenvalue weighted by Crippen LogP contribution is 2.27. The number of imidazole rings is 1. The van der Waals surface area contributed by atoms with Crippen LogP contribution in [0.1, 0.15) is 33.1 Å². The van der Waals surface area contributed by atoms with E-state index in [0.29, 0.717) is 11.8 Å². The third kappa shape index (κ3) is 4.06. The lowest BCUT2D eigenvalue weighted by Crippen LogP contribution is -2.42. The van der Waals surface area contributed by atoms with Gasteiger partial charge in [-0.1, -0.05) is 11.8 Å². The van der Waals surface area contributed by atoms with Gasteiger partial charge in [0.1, 0.15) is 5.82 Å². The molecule has 0 spiro atoms. The van der Waals surface area contributed by atoms with Crippen molar-refractivity contribution in [3.05, 3.63) is 36.3 Å². The van der Waals surface area contributed by atoms with Crippen LogP contribution in [0.15, 0.2) is 35.6 Å². The lowest BCUT2D eigenvalue weighted by atomic mass is 10.0. The molecule has 4 nitrogen and oxygen atoms in total. The molecule has 1 fully saturated rings. The van der Waals surface area contributed by atoms with E-state index in [0.717, 1.165) is 42.3 Å². The third-order valence-corrected chi connectivity index (χ3v) is 5.70. The molecule has 1 saturated heterocycles. The van der Waals surface area contributed by atoms with E-state index in [-0.39, 0.29) is 11.7 Å². The van der Waals surface area contributed by atoms with Crippen LogP contribution in [0.3, 0.4) is 0 Å². The van der Waals surface area contributed by atoms with Gasteiger partial charge >= 0.3 is 0 Å². The van der Waals surface area contributed by atoms with Gasteiger partial charge in [0.2, 0.25) is 5.91 Å². The second-order valence-electron chi connectivity index (χ2n) is 6.40. The molecule has 0 saturated carbocycles. The molecule has 1 aromatic carbocycles. The van der Waals surface area contributed by atoms with Crippen LogP contribution in [0.25, 0.3) is 11.3 Å². The number of carbonyl (C=O) groups excluding carboxylic acids is 1. The van der Waals surface area contributed by atoms with Crippen LogP contribution in [0.2, 0.25) is 0 Å². The maximum absolute atomic E-state index is 13.1. The van der Waals surface area contributed by atoms with Crippen molar-refractivity contribution >= 4 is 17.7 Å². The Balaban J connectivity index is 1.70. The first kappa shape index (κ1) is 18.0. The molecular formula is C19H24FN3OS. The first-order chi connectivity index (χ1) is 12.1. The molecule has 0 bridgehead atoms. The molecule has 0 unspecified atom stereocenters. The van der Waals surface area contributed by atoms with Crippen molar-refractivity contribution in [2.24, 2.45) is 0 Å². The predicted octanol–water partition coefficient (Wildman–Crippen LogP) is 4.20. The van der Waals surface area contributed by atoms with Crippen molar-refractivity contribution in [1.82, 2.24) is 14.5 Å². The Labute approximate surface area is 152 Å². The highest BCUT2D eigenvalue weighted by atomic mass is 32.2. The SMILES string of the molecule is CCn1c(-c2ccc(F)cc2)cnc1SCC(=O)N1CCCC[C@@H]1C. The molecule has 3 rings (SSSR count). The first-order valence-electron chi connectivity index (χ1n) is 8.84. The highest BCUT2D eigenvalue weighted by Gasteiger charge is 2.23. The number of thioether (sulfide) groups is 1. The Morgan fingerprint density at radius 3 is 2.76 bits per heavy atom. The zero-order valence-electron chi connectivity index (χ0n) is 14.7. The van der Waals surface area contributed by atoms with E-state index >= 15 is 0 Å². The molecule has 1 amide bonds. The number of aromatic nitrogens is 2. The van der Waals surface area contributed by atoms with Crippen molar-refractivity contribution in [2.75, 3.05) is 12.3 Å². The van der Waals surface area contributed by atoms with Gasteiger partial charge in [0, 0.05) is 19.1 Å². The van der Waals surface area contributed by atoms with Crippen LogP contribution in [0, 0.1) is 5.82 Å². The molecule has 1 atom stereocenters. The summed E-state index contributed by atoms with van der Waals surface area (Å²) in [5.74, 6) is 0.345. The number of hydrogen-bond acceptors (Lipinski definition) is 3. The number of nitrogens with zero attached hydrogens (tertiary/aromatic N) is 3. The number of benzene rings is 1. The number of piperidine rings is 1. The van der Waals surface area contributed by atoms with E-state index in [2.05, 4.69) is 16.5 Å². The maximum Gasteiger partial charge on any atom is 0.233 e. The second kappa shape index (κ2) is 8.04. The van der Waals surface area contributed by atoms with Crippen LogP contribution in [0.5, 0.6) is 0 Å². The largest absolute Gasteiger partial charge is 0.339 e. The van der Waals surface area contributed by atoms with E-state index in [1.807, 2.05) is 11.8 Å². The molecule has 1 aliphatic rings. The van der Waals surface area contributed by atoms with Crippen LogP contribution in [-0.2, 0) is 11.3 Å². The molecule has 0 aliphatic carbocycles. The Kier molecular flexibility index (Phi) is 5.78. The summed E-state index contributed by atoms with van der Waals surface area (Å²) in [6.45, 7) is 5.79. The van der Waals surface area contributed by atoms with Gasteiger partial charge < -0.3 is 9.47 Å². The lowest BCUT2D eigenvalue weighted by Gasteiger charge is -2.33. The van der Waals surface area contributed by atoms with Gasteiger partial charge in [-0.3, -0.25) is 4.79 Å². The maximum atomic E-state index is 13.1. The van der Waals surface area contributed by atoms with Crippen LogP contribution < -0.4 is 0 Å². The van der Waals surface area contributed by atoms with Crippen molar-refractivity contribution in [3.8, 4) is 11.3 Å². The average molecular weight is 361 g/mol. The number of carbonyl (C=O) groups is 1. The fraction of sp³-hybridized carbons (Fsp3) is 0.474. The smallest absolute Gasteiger partial charge is 0.233 e. The average Bonchev–Trinajstić information content (AvgIpc) is 3.03. The van der Waals surface area contributed by atoms with E-state index in [1.54, 1.807) is 18.3 Å². The molecule has 25 heavy (non-hydrogen) atoms. The summed E-state index contributed by atoms with van der Waals surface area (Å²) in [5.41, 5.74) is 1.88. The summed E-state index contributed by atoms with van der Waals surface area (Å²) < 4.78 is 15.2. The molecule has 134 valence electrons. The van der Waals surface area contributed by atoms with Crippen molar-refractivity contribution in [1.29, 1.82) is 0 Å². The minimum atomic E-state index is -0.248. The number of rotatable bonds is 5. The quantitative estimate of drug-likeness (QED) is 0.749. The monoisotopic (exact) mass is 361 g/mol. The standard InChI is InChI=1S/C19H24FN3OS/c1-3-22-17(15-7-9-16(20)10-8-15)12-21-19(22)25-13-18(24)23-11-5-4-6-14(23)2/h7-10,12,14H,3-6,11,13H2,1-2H3/t14-/m0/s1. The van der Waals surface area contributed by atoms with E-state index in [1.165, 1.54) is 30.3 Å². The van der Waals surface area contributed by atoms with Gasteiger partial charge in [0.05, 0.1) is 17.6 Å². The Hall–Kier alpha value is -1.82. The topological polar surface area (TPSA) is 38.1 Å². The van der Waals surface area contributed by atoms with Crippen molar-refractivity contribution in [3.63, 3.8) is 0 Å². The summed E-state index contributed by atoms with van der Waals surface area (Å²) in [7, 11) is 0. The molecule has 6 heteroatoms. The van der Waals surface area contributed by atoms with E-state index in [4.69, 9.17) is 0 Å². The van der Waals surface area contributed by atoms with Crippen molar-refractivity contribution < 1.29 is 9.18 Å². The van der Waals surface area contributed by atoms with Crippen LogP contribution >= 0.6 is 11.8 Å². The Morgan fingerprint density at radius 2 is 2.08 bits per heavy atom. The lowest BCUT2D eigenvalue weighted by molar-refractivity contribution is -0.131. The van der Waals surface area contributed by atoms with Gasteiger partial charge in [-0.05, 0) is 62.9 Å². The summed E-state index contributed by atoms with van der Waals surface area (Å²) in [6.07, 6.45) is 5.19. The van der Waals surface area contributed by atoms with Gasteiger partial charge in [-0.25, -0.2) is 9.37 Å². The molecule has 0 N–H and O–H groups in total. The Bertz CT molecular complexity index is 729. The number of hydrogen-bond donors (Lipinski definition) is 0. The van der Waals surface area contributed by atoms with Crippen LogP contribution in [-0.4, -0.2) is 38.7 Å². The van der Waals surface area contributed by atoms with Gasteiger partial charge in [0.15, 0.2) is 5.16 Å². The fourth-order valence-corrected chi connectivity index (χ4v) is 4.24. The zero-order chi connectivity index (χ0) is 17.8. The van der Waals surface area contributed by atoms with Gasteiger partial charge in [-0.15, -0.1) is 0 Å². The summed E-state index contributed by atoms with van der Waals surface area (Å²) in [5, 5.41) is 0.833. The molecule has 0 radical (unpaired) electrons. The van der Waals surface area contributed by atoms with Crippen molar-refractivity contribution in [2.45, 2.75) is 50.9 Å².